The Morgan fingerprint density at radius 1 is 0.562 bits per heavy atom. The summed E-state index contributed by atoms with van der Waals surface area (Å²) in [6, 6.07) is 0. The first-order valence-electron chi connectivity index (χ1n) is 18.2. The van der Waals surface area contributed by atoms with Gasteiger partial charge in [-0.15, -0.1) is 0 Å². The number of carbonyl (C=O) groups excluding carboxylic acids is 2. The van der Waals surface area contributed by atoms with Crippen molar-refractivity contribution in [3.05, 3.63) is 72.9 Å². The van der Waals surface area contributed by atoms with E-state index in [1.54, 1.807) is 0 Å². The zero-order valence-corrected chi connectivity index (χ0v) is 30.7. The van der Waals surface area contributed by atoms with Crippen LogP contribution in [0.2, 0.25) is 0 Å². The van der Waals surface area contributed by atoms with E-state index in [2.05, 4.69) is 91.3 Å². The molecule has 0 aliphatic rings. The van der Waals surface area contributed by atoms with Crippen LogP contribution in [-0.2, 0) is 28.2 Å². The van der Waals surface area contributed by atoms with Crippen molar-refractivity contribution in [3.8, 4) is 0 Å². The zero-order valence-electron chi connectivity index (χ0n) is 29.9. The smallest absolute Gasteiger partial charge is 0.462 e. The number of esters is 2. The van der Waals surface area contributed by atoms with Crippen molar-refractivity contribution >= 4 is 19.8 Å². The number of phosphoric acid groups is 1. The predicted octanol–water partition coefficient (Wildman–Crippen LogP) is 10.7. The molecule has 274 valence electrons. The van der Waals surface area contributed by atoms with Crippen molar-refractivity contribution in [1.29, 1.82) is 0 Å². The molecule has 9 heteroatoms. The molecular weight excluding hydrogens is 627 g/mol. The normalized spacial score (nSPS) is 13.3. The SMILES string of the molecule is CC/C=C/C/C=C/C/C=C/C/C=C/CCCCC(=O)O[C@H](COC(=O)CCCC/C=C/C/C=C/CCCCCCCC)COP(=O)(O)O. The third kappa shape index (κ3) is 36.3. The van der Waals surface area contributed by atoms with Crippen LogP contribution >= 0.6 is 7.82 Å². The Kier molecular flexibility index (Phi) is 32.6. The first-order chi connectivity index (χ1) is 23.3. The first kappa shape index (κ1) is 45.5. The Morgan fingerprint density at radius 3 is 1.50 bits per heavy atom. The molecule has 48 heavy (non-hydrogen) atoms. The summed E-state index contributed by atoms with van der Waals surface area (Å²) in [6.07, 6.45) is 43.4. The minimum atomic E-state index is -4.77. The largest absolute Gasteiger partial charge is 0.469 e. The molecule has 0 aromatic carbocycles. The summed E-state index contributed by atoms with van der Waals surface area (Å²) < 4.78 is 26.2. The molecule has 0 aromatic rings. The van der Waals surface area contributed by atoms with Crippen LogP contribution in [0.1, 0.15) is 142 Å². The standard InChI is InChI=1S/C39H65O8P/c1-3-5-7-9-11-13-15-17-19-21-23-25-27-29-31-33-38(40)45-35-37(36-46-48(42,43)44)47-39(41)34-32-30-28-26-24-22-20-18-16-14-12-10-8-6-4-2/h6,8,12,14,17-20,23-26,37H,3-5,7,9-11,13,15-16,21-22,27-36H2,1-2H3,(H2,42,43,44)/b8-6+,14-12+,19-17+,20-18+,25-23+,26-24+/t37-/m1/s1. The minimum absolute atomic E-state index is 0.149. The van der Waals surface area contributed by atoms with Gasteiger partial charge in [-0.2, -0.15) is 0 Å². The molecule has 0 rings (SSSR count). The fourth-order valence-corrected chi connectivity index (χ4v) is 4.87. The zero-order chi connectivity index (χ0) is 35.4. The van der Waals surface area contributed by atoms with E-state index in [9.17, 15) is 14.2 Å². The van der Waals surface area contributed by atoms with Gasteiger partial charge in [-0.3, -0.25) is 14.1 Å². The maximum absolute atomic E-state index is 12.3. The predicted molar refractivity (Wildman–Crippen MR) is 197 cm³/mol. The van der Waals surface area contributed by atoms with Gasteiger partial charge < -0.3 is 19.3 Å². The summed E-state index contributed by atoms with van der Waals surface area (Å²) in [5.74, 6) is -0.980. The second-order valence-corrected chi connectivity index (χ2v) is 13.0. The van der Waals surface area contributed by atoms with E-state index in [0.29, 0.717) is 12.8 Å². The van der Waals surface area contributed by atoms with Crippen molar-refractivity contribution in [2.45, 2.75) is 148 Å². The highest BCUT2D eigenvalue weighted by Gasteiger charge is 2.22. The second kappa shape index (κ2) is 34.4. The van der Waals surface area contributed by atoms with E-state index in [4.69, 9.17) is 19.3 Å². The third-order valence-corrected chi connectivity index (χ3v) is 7.69. The maximum atomic E-state index is 12.3. The fraction of sp³-hybridized carbons (Fsp3) is 0.641. The average molecular weight is 693 g/mol. The van der Waals surface area contributed by atoms with Crippen LogP contribution < -0.4 is 0 Å². The van der Waals surface area contributed by atoms with Crippen LogP contribution in [0, 0.1) is 0 Å². The van der Waals surface area contributed by atoms with Crippen LogP contribution in [0.4, 0.5) is 0 Å². The van der Waals surface area contributed by atoms with Gasteiger partial charge in [0.15, 0.2) is 6.10 Å². The van der Waals surface area contributed by atoms with Crippen LogP contribution in [0.15, 0.2) is 72.9 Å². The Labute approximate surface area is 291 Å². The Hall–Kier alpha value is -2.51. The van der Waals surface area contributed by atoms with E-state index in [-0.39, 0.29) is 19.4 Å². The quantitative estimate of drug-likeness (QED) is 0.0309. The van der Waals surface area contributed by atoms with E-state index < -0.39 is 32.5 Å². The number of unbranched alkanes of at least 4 members (excludes halogenated alkanes) is 10. The van der Waals surface area contributed by atoms with Gasteiger partial charge in [-0.05, 0) is 83.5 Å². The van der Waals surface area contributed by atoms with Crippen molar-refractivity contribution in [2.24, 2.45) is 0 Å². The lowest BCUT2D eigenvalue weighted by Crippen LogP contribution is -2.29. The Balaban J connectivity index is 4.14. The summed E-state index contributed by atoms with van der Waals surface area (Å²) in [7, 11) is -4.77. The molecule has 0 unspecified atom stereocenters. The topological polar surface area (TPSA) is 119 Å². The summed E-state index contributed by atoms with van der Waals surface area (Å²) in [4.78, 5) is 42.6. The van der Waals surface area contributed by atoms with Gasteiger partial charge in [0.2, 0.25) is 0 Å². The molecule has 0 spiro atoms. The van der Waals surface area contributed by atoms with E-state index >= 15 is 0 Å². The molecule has 0 aliphatic heterocycles. The molecule has 0 saturated heterocycles. The van der Waals surface area contributed by atoms with Gasteiger partial charge in [0.1, 0.15) is 6.61 Å². The van der Waals surface area contributed by atoms with Crippen molar-refractivity contribution < 1.29 is 37.9 Å². The molecule has 0 aliphatic carbocycles. The van der Waals surface area contributed by atoms with Crippen molar-refractivity contribution in [1.82, 2.24) is 0 Å². The van der Waals surface area contributed by atoms with Gasteiger partial charge in [-0.1, -0.05) is 119 Å². The lowest BCUT2D eigenvalue weighted by atomic mass is 10.1. The maximum Gasteiger partial charge on any atom is 0.469 e. The molecule has 0 saturated carbocycles. The number of ether oxygens (including phenoxy) is 2. The van der Waals surface area contributed by atoms with Crippen LogP contribution in [0.3, 0.4) is 0 Å². The van der Waals surface area contributed by atoms with Crippen LogP contribution in [0.25, 0.3) is 0 Å². The molecule has 0 heterocycles. The molecule has 8 nitrogen and oxygen atoms in total. The van der Waals surface area contributed by atoms with Crippen molar-refractivity contribution in [2.75, 3.05) is 13.2 Å². The summed E-state index contributed by atoms with van der Waals surface area (Å²) >= 11 is 0. The Bertz CT molecular complexity index is 1010. The molecule has 0 aromatic heterocycles. The summed E-state index contributed by atoms with van der Waals surface area (Å²) in [5.41, 5.74) is 0. The van der Waals surface area contributed by atoms with Crippen LogP contribution in [-0.4, -0.2) is 41.0 Å². The summed E-state index contributed by atoms with van der Waals surface area (Å²) in [5, 5.41) is 0. The average Bonchev–Trinajstić information content (AvgIpc) is 3.05. The summed E-state index contributed by atoms with van der Waals surface area (Å²) in [6.45, 7) is 3.47. The number of rotatable bonds is 32. The number of hydrogen-bond acceptors (Lipinski definition) is 6. The lowest BCUT2D eigenvalue weighted by Gasteiger charge is -2.18. The minimum Gasteiger partial charge on any atom is -0.462 e. The molecule has 1 atom stereocenters. The molecular formula is C39H65O8P. The first-order valence-corrected chi connectivity index (χ1v) is 19.8. The van der Waals surface area contributed by atoms with Gasteiger partial charge in [0.25, 0.3) is 0 Å². The van der Waals surface area contributed by atoms with E-state index in [1.807, 2.05) is 0 Å². The Morgan fingerprint density at radius 2 is 1.00 bits per heavy atom. The number of hydrogen-bond donors (Lipinski definition) is 2. The number of carbonyl (C=O) groups is 2. The van der Waals surface area contributed by atoms with Gasteiger partial charge >= 0.3 is 19.8 Å². The second-order valence-electron chi connectivity index (χ2n) is 11.8. The molecule has 0 radical (unpaired) electrons. The van der Waals surface area contributed by atoms with Gasteiger partial charge in [0, 0.05) is 12.8 Å². The van der Waals surface area contributed by atoms with Gasteiger partial charge in [0.05, 0.1) is 6.61 Å². The lowest BCUT2D eigenvalue weighted by molar-refractivity contribution is -0.161. The molecule has 0 fully saturated rings. The molecule has 0 bridgehead atoms. The van der Waals surface area contributed by atoms with E-state index in [1.165, 1.54) is 38.5 Å². The fourth-order valence-electron chi connectivity index (χ4n) is 4.51. The number of phosphoric ester groups is 1. The molecule has 0 amide bonds. The van der Waals surface area contributed by atoms with Gasteiger partial charge in [-0.25, -0.2) is 4.57 Å². The van der Waals surface area contributed by atoms with Crippen molar-refractivity contribution in [3.63, 3.8) is 0 Å². The van der Waals surface area contributed by atoms with Crippen LogP contribution in [0.5, 0.6) is 0 Å². The van der Waals surface area contributed by atoms with E-state index in [0.717, 1.165) is 64.2 Å². The third-order valence-electron chi connectivity index (χ3n) is 7.21. The molecule has 2 N–H and O–H groups in total. The highest BCUT2D eigenvalue weighted by atomic mass is 31.2. The highest BCUT2D eigenvalue weighted by Crippen LogP contribution is 2.35. The number of allylic oxidation sites excluding steroid dienone is 12. The highest BCUT2D eigenvalue weighted by molar-refractivity contribution is 7.46. The monoisotopic (exact) mass is 692 g/mol.